The molecule has 0 aliphatic carbocycles. The first-order valence-corrected chi connectivity index (χ1v) is 8.58. The summed E-state index contributed by atoms with van der Waals surface area (Å²) in [5.41, 5.74) is 1.36. The first kappa shape index (κ1) is 15.6. The minimum absolute atomic E-state index is 0.0563. The van der Waals surface area contributed by atoms with Crippen molar-refractivity contribution in [1.82, 2.24) is 0 Å². The predicted octanol–water partition coefficient (Wildman–Crippen LogP) is 3.41. The Labute approximate surface area is 133 Å². The smallest absolute Gasteiger partial charge is 0.266 e. The number of furan rings is 1. The molecule has 1 heterocycles. The van der Waals surface area contributed by atoms with Gasteiger partial charge in [0, 0.05) is 10.5 Å². The van der Waals surface area contributed by atoms with Gasteiger partial charge in [0.05, 0.1) is 5.69 Å². The van der Waals surface area contributed by atoms with Gasteiger partial charge in [0.1, 0.15) is 17.3 Å². The van der Waals surface area contributed by atoms with Crippen LogP contribution in [-0.4, -0.2) is 13.5 Å². The van der Waals surface area contributed by atoms with E-state index in [-0.39, 0.29) is 21.9 Å². The van der Waals surface area contributed by atoms with E-state index in [1.54, 1.807) is 12.1 Å². The Balaban J connectivity index is 2.37. The molecule has 0 spiro atoms. The molecule has 0 aliphatic heterocycles. The number of benzene rings is 1. The summed E-state index contributed by atoms with van der Waals surface area (Å²) >= 11 is 6.34. The largest absolute Gasteiger partial charge is 0.450 e. The van der Waals surface area contributed by atoms with Crippen molar-refractivity contribution in [2.45, 2.75) is 18.4 Å². The van der Waals surface area contributed by atoms with Crippen molar-refractivity contribution in [3.05, 3.63) is 44.7 Å². The highest BCUT2D eigenvalue weighted by Gasteiger charge is 2.22. The van der Waals surface area contributed by atoms with Crippen LogP contribution in [0.4, 0.5) is 5.69 Å². The van der Waals surface area contributed by atoms with Crippen LogP contribution in [-0.2, 0) is 16.6 Å². The second-order valence-corrected chi connectivity index (χ2v) is 7.42. The van der Waals surface area contributed by atoms with E-state index >= 15 is 0 Å². The molecule has 2 rings (SSSR count). The van der Waals surface area contributed by atoms with Gasteiger partial charge in [-0.1, -0.05) is 15.9 Å². The summed E-state index contributed by atoms with van der Waals surface area (Å²) in [6, 6.07) is 6.52. The van der Waals surface area contributed by atoms with Crippen LogP contribution in [0.1, 0.15) is 11.3 Å². The Morgan fingerprint density at radius 1 is 1.25 bits per heavy atom. The Bertz CT molecular complexity index is 720. The number of anilines is 1. The summed E-state index contributed by atoms with van der Waals surface area (Å²) in [4.78, 5) is -0.0563. The van der Waals surface area contributed by atoms with Gasteiger partial charge in [0.2, 0.25) is 0 Å². The lowest BCUT2D eigenvalue weighted by Gasteiger charge is -2.08. The van der Waals surface area contributed by atoms with Gasteiger partial charge in [-0.2, -0.15) is 0 Å². The Hall–Kier alpha value is -0.830. The predicted molar refractivity (Wildman–Crippen MR) is 82.0 cm³/mol. The molecule has 5 nitrogen and oxygen atoms in total. The summed E-state index contributed by atoms with van der Waals surface area (Å²) in [5.74, 6) is 0.169. The Kier molecular flexibility index (Phi) is 4.58. The fourth-order valence-electron chi connectivity index (χ4n) is 1.66. The lowest BCUT2D eigenvalue weighted by atomic mass is 10.2. The molecule has 0 atom stereocenters. The summed E-state index contributed by atoms with van der Waals surface area (Å²) in [6.07, 6.45) is 0. The monoisotopic (exact) mass is 423 g/mol. The molecule has 20 heavy (non-hydrogen) atoms. The molecule has 0 fully saturated rings. The maximum absolute atomic E-state index is 12.3. The Morgan fingerprint density at radius 2 is 1.95 bits per heavy atom. The zero-order chi connectivity index (χ0) is 14.9. The number of hydrogen-bond donors (Lipinski definition) is 2. The van der Waals surface area contributed by atoms with Crippen molar-refractivity contribution in [1.29, 1.82) is 0 Å². The van der Waals surface area contributed by atoms with Gasteiger partial charge in [-0.25, -0.2) is 8.42 Å². The van der Waals surface area contributed by atoms with E-state index in [9.17, 15) is 8.42 Å². The number of hydrogen-bond acceptors (Lipinski definition) is 4. The van der Waals surface area contributed by atoms with Gasteiger partial charge in [-0.3, -0.25) is 4.72 Å². The van der Waals surface area contributed by atoms with E-state index in [0.717, 1.165) is 10.0 Å². The lowest BCUT2D eigenvalue weighted by molar-refractivity contribution is 0.245. The second-order valence-electron chi connectivity index (χ2n) is 4.13. The van der Waals surface area contributed by atoms with E-state index in [1.807, 2.05) is 13.0 Å². The third-order valence-electron chi connectivity index (χ3n) is 2.45. The highest BCUT2D eigenvalue weighted by atomic mass is 79.9. The molecule has 8 heteroatoms. The van der Waals surface area contributed by atoms with Gasteiger partial charge in [0.15, 0.2) is 4.67 Å². The van der Waals surface area contributed by atoms with Crippen LogP contribution < -0.4 is 4.72 Å². The molecule has 0 saturated carbocycles. The number of aryl methyl sites for hydroxylation is 1. The van der Waals surface area contributed by atoms with Crippen LogP contribution in [0.2, 0.25) is 0 Å². The lowest BCUT2D eigenvalue weighted by Crippen LogP contribution is -2.12. The highest BCUT2D eigenvalue weighted by molar-refractivity contribution is 9.10. The number of sulfonamides is 1. The highest BCUT2D eigenvalue weighted by Crippen LogP contribution is 2.29. The average molecular weight is 425 g/mol. The standard InChI is InChI=1S/C12H11Br2NO4S/c1-7-2-8(13)4-9(3-7)15-20(17,18)11-5-10(6-16)19-12(11)14/h2-5,15-16H,6H2,1H3. The molecule has 0 saturated heterocycles. The van der Waals surface area contributed by atoms with E-state index in [1.165, 1.54) is 6.07 Å². The fourth-order valence-corrected chi connectivity index (χ4v) is 4.31. The molecule has 1 aromatic heterocycles. The van der Waals surface area contributed by atoms with Crippen LogP contribution in [0.5, 0.6) is 0 Å². The summed E-state index contributed by atoms with van der Waals surface area (Å²) in [5, 5.41) is 8.97. The van der Waals surface area contributed by atoms with Gasteiger partial charge >= 0.3 is 0 Å². The van der Waals surface area contributed by atoms with Crippen molar-refractivity contribution in [3.8, 4) is 0 Å². The minimum atomic E-state index is -3.79. The van der Waals surface area contributed by atoms with E-state index in [4.69, 9.17) is 9.52 Å². The van der Waals surface area contributed by atoms with Crippen LogP contribution in [0.25, 0.3) is 0 Å². The summed E-state index contributed by atoms with van der Waals surface area (Å²) in [6.45, 7) is 1.49. The summed E-state index contributed by atoms with van der Waals surface area (Å²) < 4.78 is 32.9. The number of halogens is 2. The van der Waals surface area contributed by atoms with Crippen LogP contribution in [0, 0.1) is 6.92 Å². The first-order valence-electron chi connectivity index (χ1n) is 5.51. The zero-order valence-corrected chi connectivity index (χ0v) is 14.3. The topological polar surface area (TPSA) is 79.5 Å². The van der Waals surface area contributed by atoms with Crippen molar-refractivity contribution >= 4 is 47.6 Å². The summed E-state index contributed by atoms with van der Waals surface area (Å²) in [7, 11) is -3.79. The molecule has 1 aromatic carbocycles. The number of rotatable bonds is 4. The number of aliphatic hydroxyl groups excluding tert-OH is 1. The molecule has 2 aromatic rings. The second kappa shape index (κ2) is 5.88. The number of aliphatic hydroxyl groups is 1. The van der Waals surface area contributed by atoms with Gasteiger partial charge < -0.3 is 9.52 Å². The average Bonchev–Trinajstić information content (AvgIpc) is 2.69. The molecular formula is C12H11Br2NO4S. The van der Waals surface area contributed by atoms with Crippen molar-refractivity contribution < 1.29 is 17.9 Å². The van der Waals surface area contributed by atoms with Crippen molar-refractivity contribution in [2.24, 2.45) is 0 Å². The number of nitrogens with one attached hydrogen (secondary N) is 1. The molecule has 0 amide bonds. The molecular weight excluding hydrogens is 414 g/mol. The molecule has 108 valence electrons. The van der Waals surface area contributed by atoms with Crippen LogP contribution in [0.15, 0.2) is 42.7 Å². The van der Waals surface area contributed by atoms with Crippen LogP contribution >= 0.6 is 31.9 Å². The molecule has 0 bridgehead atoms. The normalized spacial score (nSPS) is 11.6. The van der Waals surface area contributed by atoms with E-state index < -0.39 is 10.0 Å². The van der Waals surface area contributed by atoms with Crippen LogP contribution in [0.3, 0.4) is 0 Å². The van der Waals surface area contributed by atoms with Crippen molar-refractivity contribution in [3.63, 3.8) is 0 Å². The van der Waals surface area contributed by atoms with Gasteiger partial charge in [-0.15, -0.1) is 0 Å². The molecule has 0 aliphatic rings. The SMILES string of the molecule is Cc1cc(Br)cc(NS(=O)(=O)c2cc(CO)oc2Br)c1. The minimum Gasteiger partial charge on any atom is -0.450 e. The molecule has 2 N–H and O–H groups in total. The zero-order valence-electron chi connectivity index (χ0n) is 10.4. The third kappa shape index (κ3) is 3.43. The Morgan fingerprint density at radius 3 is 2.50 bits per heavy atom. The van der Waals surface area contributed by atoms with E-state index in [0.29, 0.717) is 5.69 Å². The van der Waals surface area contributed by atoms with E-state index in [2.05, 4.69) is 36.6 Å². The molecule has 0 radical (unpaired) electrons. The first-order chi connectivity index (χ1) is 9.31. The van der Waals surface area contributed by atoms with Gasteiger partial charge in [0.25, 0.3) is 10.0 Å². The maximum Gasteiger partial charge on any atom is 0.266 e. The fraction of sp³-hybridized carbons (Fsp3) is 0.167. The molecule has 0 unspecified atom stereocenters. The van der Waals surface area contributed by atoms with Gasteiger partial charge in [-0.05, 0) is 46.6 Å². The quantitative estimate of drug-likeness (QED) is 0.788. The van der Waals surface area contributed by atoms with Crippen molar-refractivity contribution in [2.75, 3.05) is 4.72 Å². The maximum atomic E-state index is 12.3. The third-order valence-corrected chi connectivity index (χ3v) is 5.14.